The van der Waals surface area contributed by atoms with Crippen LogP contribution in [0.4, 0.5) is 0 Å². The van der Waals surface area contributed by atoms with Crippen molar-refractivity contribution in [3.63, 3.8) is 0 Å². The van der Waals surface area contributed by atoms with E-state index in [9.17, 15) is 0 Å². The van der Waals surface area contributed by atoms with E-state index < -0.39 is 0 Å². The molecular formula is C11H17N. The lowest BCUT2D eigenvalue weighted by Crippen LogP contribution is -2.19. The molecule has 0 aromatic carbocycles. The van der Waals surface area contributed by atoms with Gasteiger partial charge >= 0.3 is 0 Å². The molecule has 1 nitrogen and oxygen atoms in total. The molecule has 2 N–H and O–H groups in total. The van der Waals surface area contributed by atoms with Crippen LogP contribution in [-0.2, 0) is 0 Å². The van der Waals surface area contributed by atoms with E-state index in [4.69, 9.17) is 5.73 Å². The van der Waals surface area contributed by atoms with Gasteiger partial charge in [0.25, 0.3) is 0 Å². The van der Waals surface area contributed by atoms with E-state index in [1.165, 1.54) is 25.7 Å². The number of hydrogen-bond acceptors (Lipinski definition) is 1. The van der Waals surface area contributed by atoms with E-state index in [0.29, 0.717) is 5.92 Å². The lowest BCUT2D eigenvalue weighted by molar-refractivity contribution is 0.678. The van der Waals surface area contributed by atoms with Crippen molar-refractivity contribution in [1.82, 2.24) is 0 Å². The smallest absolute Gasteiger partial charge is 0.00107 e. The molecule has 0 fully saturated rings. The fraction of sp³-hybridized carbons (Fsp3) is 0.636. The molecule has 12 heavy (non-hydrogen) atoms. The van der Waals surface area contributed by atoms with Gasteiger partial charge in [0.05, 0.1) is 0 Å². The quantitative estimate of drug-likeness (QED) is 0.664. The molecule has 0 radical (unpaired) electrons. The Hall–Kier alpha value is -0.560. The van der Waals surface area contributed by atoms with Gasteiger partial charge in [0, 0.05) is 0 Å². The van der Waals surface area contributed by atoms with Gasteiger partial charge in [-0.25, -0.2) is 0 Å². The van der Waals surface area contributed by atoms with Crippen LogP contribution < -0.4 is 5.73 Å². The van der Waals surface area contributed by atoms with E-state index in [1.54, 1.807) is 16.7 Å². The normalized spacial score (nSPS) is 24.3. The maximum atomic E-state index is 5.68. The second-order valence-electron chi connectivity index (χ2n) is 3.95. The molecule has 0 amide bonds. The van der Waals surface area contributed by atoms with Crippen molar-refractivity contribution >= 4 is 0 Å². The highest BCUT2D eigenvalue weighted by atomic mass is 14.5. The van der Waals surface area contributed by atoms with Crippen LogP contribution in [0.1, 0.15) is 32.6 Å². The van der Waals surface area contributed by atoms with Gasteiger partial charge in [0.15, 0.2) is 0 Å². The summed E-state index contributed by atoms with van der Waals surface area (Å²) in [5.74, 6) is 0.595. The van der Waals surface area contributed by atoms with Crippen LogP contribution in [-0.4, -0.2) is 6.54 Å². The predicted octanol–water partition coefficient (Wildman–Crippen LogP) is 2.39. The van der Waals surface area contributed by atoms with Crippen molar-refractivity contribution in [2.75, 3.05) is 6.54 Å². The van der Waals surface area contributed by atoms with E-state index in [1.807, 2.05) is 0 Å². The second kappa shape index (κ2) is 3.06. The molecular weight excluding hydrogens is 146 g/mol. The Labute approximate surface area is 74.3 Å². The van der Waals surface area contributed by atoms with E-state index in [-0.39, 0.29) is 0 Å². The SMILES string of the molecule is CC(CN)C1=C2C=C1CCCC2. The summed E-state index contributed by atoms with van der Waals surface area (Å²) in [7, 11) is 0. The standard InChI is InChI=1S/C11H17N/c1-8(7-12)11-9-4-2-3-5-10(11)6-9/h6,8H,2-5,7,12H2,1H3. The first-order valence-electron chi connectivity index (χ1n) is 4.97. The number of hydrogen-bond donors (Lipinski definition) is 1. The van der Waals surface area contributed by atoms with E-state index in [0.717, 1.165) is 6.54 Å². The first-order chi connectivity index (χ1) is 5.83. The maximum Gasteiger partial charge on any atom is -0.00107 e. The molecule has 66 valence electrons. The Morgan fingerprint density at radius 2 is 2.17 bits per heavy atom. The van der Waals surface area contributed by atoms with Gasteiger partial charge in [0.1, 0.15) is 0 Å². The topological polar surface area (TPSA) is 26.0 Å². The van der Waals surface area contributed by atoms with Gasteiger partial charge < -0.3 is 5.73 Å². The molecule has 0 spiro atoms. The van der Waals surface area contributed by atoms with Gasteiger partial charge in [-0.3, -0.25) is 0 Å². The zero-order valence-corrected chi connectivity index (χ0v) is 7.77. The van der Waals surface area contributed by atoms with Crippen molar-refractivity contribution in [2.24, 2.45) is 11.7 Å². The molecule has 0 saturated heterocycles. The fourth-order valence-corrected chi connectivity index (χ4v) is 2.29. The minimum absolute atomic E-state index is 0.595. The highest BCUT2D eigenvalue weighted by Crippen LogP contribution is 2.41. The van der Waals surface area contributed by atoms with Crippen molar-refractivity contribution < 1.29 is 0 Å². The van der Waals surface area contributed by atoms with Crippen LogP contribution in [0, 0.1) is 5.92 Å². The second-order valence-corrected chi connectivity index (χ2v) is 3.95. The van der Waals surface area contributed by atoms with Crippen LogP contribution in [0.15, 0.2) is 22.8 Å². The summed E-state index contributed by atoms with van der Waals surface area (Å²) in [5.41, 5.74) is 10.5. The summed E-state index contributed by atoms with van der Waals surface area (Å²) < 4.78 is 0. The minimum atomic E-state index is 0.595. The number of nitrogens with two attached hydrogens (primary N) is 1. The molecule has 3 aliphatic carbocycles. The van der Waals surface area contributed by atoms with Gasteiger partial charge in [-0.05, 0) is 54.9 Å². The molecule has 0 aromatic heterocycles. The summed E-state index contributed by atoms with van der Waals surface area (Å²) in [4.78, 5) is 0. The highest BCUT2D eigenvalue weighted by Gasteiger charge is 2.25. The highest BCUT2D eigenvalue weighted by molar-refractivity contribution is 5.54. The third-order valence-corrected chi connectivity index (χ3v) is 3.03. The summed E-state index contributed by atoms with van der Waals surface area (Å²) in [5, 5.41) is 0. The van der Waals surface area contributed by atoms with Crippen LogP contribution in [0.2, 0.25) is 0 Å². The zero-order chi connectivity index (χ0) is 8.55. The maximum absolute atomic E-state index is 5.68. The molecule has 1 atom stereocenters. The van der Waals surface area contributed by atoms with Crippen molar-refractivity contribution in [1.29, 1.82) is 0 Å². The van der Waals surface area contributed by atoms with Gasteiger partial charge in [-0.15, -0.1) is 0 Å². The first kappa shape index (κ1) is 8.06. The van der Waals surface area contributed by atoms with Crippen LogP contribution in [0.5, 0.6) is 0 Å². The number of rotatable bonds is 2. The third-order valence-electron chi connectivity index (χ3n) is 3.03. The van der Waals surface area contributed by atoms with Gasteiger partial charge in [-0.1, -0.05) is 13.0 Å². The summed E-state index contributed by atoms with van der Waals surface area (Å²) in [6.07, 6.45) is 7.72. The van der Waals surface area contributed by atoms with Crippen LogP contribution in [0.25, 0.3) is 0 Å². The Balaban J connectivity index is 2.15. The predicted molar refractivity (Wildman–Crippen MR) is 51.8 cm³/mol. The van der Waals surface area contributed by atoms with Crippen molar-refractivity contribution in [3.8, 4) is 0 Å². The van der Waals surface area contributed by atoms with Gasteiger partial charge in [0.2, 0.25) is 0 Å². The molecule has 0 heterocycles. The molecule has 0 aromatic rings. The van der Waals surface area contributed by atoms with Crippen molar-refractivity contribution in [2.45, 2.75) is 32.6 Å². The van der Waals surface area contributed by atoms with Crippen LogP contribution >= 0.6 is 0 Å². The molecule has 2 bridgehead atoms. The Kier molecular flexibility index (Phi) is 2.05. The fourth-order valence-electron chi connectivity index (χ4n) is 2.29. The Morgan fingerprint density at radius 1 is 1.42 bits per heavy atom. The Bertz CT molecular complexity index is 248. The average Bonchev–Trinajstić information content (AvgIpc) is 2.37. The summed E-state index contributed by atoms with van der Waals surface area (Å²) in [6, 6.07) is 0. The van der Waals surface area contributed by atoms with Crippen LogP contribution in [0.3, 0.4) is 0 Å². The number of fused-ring (bicyclic) bond motifs is 3. The third kappa shape index (κ3) is 1.13. The molecule has 3 rings (SSSR count). The Morgan fingerprint density at radius 3 is 2.92 bits per heavy atom. The first-order valence-corrected chi connectivity index (χ1v) is 4.97. The largest absolute Gasteiger partial charge is 0.330 e. The van der Waals surface area contributed by atoms with Gasteiger partial charge in [-0.2, -0.15) is 0 Å². The lowest BCUT2D eigenvalue weighted by atomic mass is 9.80. The summed E-state index contributed by atoms with van der Waals surface area (Å²) in [6.45, 7) is 3.05. The zero-order valence-electron chi connectivity index (χ0n) is 7.77. The molecule has 0 aliphatic heterocycles. The van der Waals surface area contributed by atoms with E-state index in [2.05, 4.69) is 13.0 Å². The molecule has 1 heteroatoms. The average molecular weight is 163 g/mol. The lowest BCUT2D eigenvalue weighted by Gasteiger charge is -2.26. The molecule has 0 saturated carbocycles. The monoisotopic (exact) mass is 163 g/mol. The minimum Gasteiger partial charge on any atom is -0.330 e. The van der Waals surface area contributed by atoms with Crippen molar-refractivity contribution in [3.05, 3.63) is 22.8 Å². The summed E-state index contributed by atoms with van der Waals surface area (Å²) >= 11 is 0. The van der Waals surface area contributed by atoms with E-state index >= 15 is 0 Å². The molecule has 3 aliphatic rings. The molecule has 1 unspecified atom stereocenters. The number of allylic oxidation sites excluding steroid dienone is 3.